The molecule has 0 amide bonds. The lowest BCUT2D eigenvalue weighted by Gasteiger charge is -2.07. The number of aromatic nitrogens is 2. The molecule has 0 unspecified atom stereocenters. The van der Waals surface area contributed by atoms with E-state index >= 15 is 0 Å². The highest BCUT2D eigenvalue weighted by Crippen LogP contribution is 2.23. The first-order chi connectivity index (χ1) is 9.19. The van der Waals surface area contributed by atoms with Gasteiger partial charge in [-0.05, 0) is 43.3 Å². The van der Waals surface area contributed by atoms with E-state index in [1.165, 1.54) is 0 Å². The predicted octanol–water partition coefficient (Wildman–Crippen LogP) is 2.79. The van der Waals surface area contributed by atoms with Crippen molar-refractivity contribution in [2.75, 3.05) is 5.73 Å². The van der Waals surface area contributed by atoms with Crippen LogP contribution < -0.4 is 5.73 Å². The quantitative estimate of drug-likeness (QED) is 0.673. The normalized spacial score (nSPS) is 10.5. The number of benzene rings is 2. The van der Waals surface area contributed by atoms with Crippen LogP contribution in [0, 0.1) is 18.3 Å². The molecule has 0 aliphatic rings. The number of anilines is 1. The predicted molar refractivity (Wildman–Crippen MR) is 74.9 cm³/mol. The van der Waals surface area contributed by atoms with Gasteiger partial charge in [-0.1, -0.05) is 6.07 Å². The molecule has 4 heteroatoms. The summed E-state index contributed by atoms with van der Waals surface area (Å²) in [5.41, 5.74) is 9.89. The van der Waals surface area contributed by atoms with Gasteiger partial charge in [0.1, 0.15) is 5.82 Å². The number of hydrogen-bond acceptors (Lipinski definition) is 3. The minimum absolute atomic E-state index is 0.634. The highest BCUT2D eigenvalue weighted by atomic mass is 15.1. The van der Waals surface area contributed by atoms with Crippen LogP contribution in [0.5, 0.6) is 0 Å². The van der Waals surface area contributed by atoms with Gasteiger partial charge in [0.05, 0.1) is 22.7 Å². The fourth-order valence-corrected chi connectivity index (χ4v) is 2.26. The molecule has 4 nitrogen and oxygen atoms in total. The summed E-state index contributed by atoms with van der Waals surface area (Å²) < 4.78 is 2.02. The Balaban J connectivity index is 2.30. The number of nitrogens with zero attached hydrogens (tertiary/aromatic N) is 3. The second-order valence-corrected chi connectivity index (χ2v) is 4.40. The van der Waals surface area contributed by atoms with Crippen LogP contribution >= 0.6 is 0 Å². The third kappa shape index (κ3) is 1.81. The zero-order valence-corrected chi connectivity index (χ0v) is 10.5. The molecule has 0 spiro atoms. The van der Waals surface area contributed by atoms with Crippen molar-refractivity contribution in [2.24, 2.45) is 0 Å². The summed E-state index contributed by atoms with van der Waals surface area (Å²) in [5, 5.41) is 8.99. The number of imidazole rings is 1. The van der Waals surface area contributed by atoms with Crippen LogP contribution in [0.2, 0.25) is 0 Å². The fourth-order valence-electron chi connectivity index (χ4n) is 2.26. The lowest BCUT2D eigenvalue weighted by molar-refractivity contribution is 1.00. The van der Waals surface area contributed by atoms with E-state index in [2.05, 4.69) is 11.1 Å². The van der Waals surface area contributed by atoms with Crippen LogP contribution in [-0.4, -0.2) is 9.55 Å². The molecule has 3 aromatic rings. The van der Waals surface area contributed by atoms with E-state index in [4.69, 9.17) is 11.0 Å². The van der Waals surface area contributed by atoms with Crippen LogP contribution in [0.4, 0.5) is 5.69 Å². The number of nitrogens with two attached hydrogens (primary N) is 1. The Morgan fingerprint density at radius 1 is 1.21 bits per heavy atom. The SMILES string of the molecule is Cc1nc2cc(N)ccc2n1-c1cccc(C#N)c1. The zero-order chi connectivity index (χ0) is 13.4. The molecular formula is C15H12N4. The summed E-state index contributed by atoms with van der Waals surface area (Å²) in [6, 6.07) is 15.3. The van der Waals surface area contributed by atoms with E-state index in [0.29, 0.717) is 11.3 Å². The summed E-state index contributed by atoms with van der Waals surface area (Å²) >= 11 is 0. The van der Waals surface area contributed by atoms with E-state index in [9.17, 15) is 0 Å². The summed E-state index contributed by atoms with van der Waals surface area (Å²) in [4.78, 5) is 4.51. The first kappa shape index (κ1) is 11.3. The maximum Gasteiger partial charge on any atom is 0.111 e. The summed E-state index contributed by atoms with van der Waals surface area (Å²) in [6.45, 7) is 1.94. The number of nitrogen functional groups attached to an aromatic ring is 1. The molecule has 0 saturated carbocycles. The lowest BCUT2D eigenvalue weighted by atomic mass is 10.2. The Bertz CT molecular complexity index is 809. The van der Waals surface area contributed by atoms with E-state index in [1.807, 2.05) is 47.9 Å². The molecule has 0 fully saturated rings. The first-order valence-electron chi connectivity index (χ1n) is 5.94. The van der Waals surface area contributed by atoms with Crippen molar-refractivity contribution < 1.29 is 0 Å². The third-order valence-electron chi connectivity index (χ3n) is 3.08. The smallest absolute Gasteiger partial charge is 0.111 e. The van der Waals surface area contributed by atoms with Crippen molar-refractivity contribution in [2.45, 2.75) is 6.92 Å². The van der Waals surface area contributed by atoms with E-state index in [1.54, 1.807) is 6.07 Å². The van der Waals surface area contributed by atoms with Crippen LogP contribution in [0.25, 0.3) is 16.7 Å². The molecule has 3 rings (SSSR count). The third-order valence-corrected chi connectivity index (χ3v) is 3.08. The Hall–Kier alpha value is -2.80. The molecule has 1 aromatic heterocycles. The number of fused-ring (bicyclic) bond motifs is 1. The number of nitriles is 1. The maximum atomic E-state index is 8.99. The summed E-state index contributed by atoms with van der Waals surface area (Å²) in [5.74, 6) is 0.871. The van der Waals surface area contributed by atoms with Gasteiger partial charge in [-0.25, -0.2) is 4.98 Å². The van der Waals surface area contributed by atoms with Crippen LogP contribution in [0.3, 0.4) is 0 Å². The average Bonchev–Trinajstić information content (AvgIpc) is 2.73. The monoisotopic (exact) mass is 248 g/mol. The molecule has 0 aliphatic carbocycles. The van der Waals surface area contributed by atoms with Gasteiger partial charge < -0.3 is 5.73 Å². The Kier molecular flexibility index (Phi) is 2.46. The largest absolute Gasteiger partial charge is 0.399 e. The average molecular weight is 248 g/mol. The van der Waals surface area contributed by atoms with Gasteiger partial charge in [0.25, 0.3) is 0 Å². The van der Waals surface area contributed by atoms with Crippen molar-refractivity contribution in [3.05, 3.63) is 53.9 Å². The highest BCUT2D eigenvalue weighted by Gasteiger charge is 2.09. The van der Waals surface area contributed by atoms with Crippen molar-refractivity contribution in [3.8, 4) is 11.8 Å². The van der Waals surface area contributed by atoms with Gasteiger partial charge in [-0.2, -0.15) is 5.26 Å². The molecule has 1 heterocycles. The molecule has 2 aromatic carbocycles. The second kappa shape index (κ2) is 4.14. The van der Waals surface area contributed by atoms with E-state index in [0.717, 1.165) is 22.5 Å². The molecule has 0 atom stereocenters. The standard InChI is InChI=1S/C15H12N4/c1-10-18-14-8-12(17)5-6-15(14)19(10)13-4-2-3-11(7-13)9-16/h2-8H,17H2,1H3. The molecule has 0 saturated heterocycles. The summed E-state index contributed by atoms with van der Waals surface area (Å²) in [6.07, 6.45) is 0. The molecular weight excluding hydrogens is 236 g/mol. The molecule has 0 radical (unpaired) electrons. The van der Waals surface area contributed by atoms with Gasteiger partial charge in [0.15, 0.2) is 0 Å². The van der Waals surface area contributed by atoms with Crippen LogP contribution in [0.15, 0.2) is 42.5 Å². The van der Waals surface area contributed by atoms with Crippen molar-refractivity contribution >= 4 is 16.7 Å². The fraction of sp³-hybridized carbons (Fsp3) is 0.0667. The maximum absolute atomic E-state index is 8.99. The van der Waals surface area contributed by atoms with Crippen molar-refractivity contribution in [1.82, 2.24) is 9.55 Å². The molecule has 92 valence electrons. The van der Waals surface area contributed by atoms with Gasteiger partial charge >= 0.3 is 0 Å². The van der Waals surface area contributed by atoms with Crippen LogP contribution in [0.1, 0.15) is 11.4 Å². The van der Waals surface area contributed by atoms with E-state index in [-0.39, 0.29) is 0 Å². The Morgan fingerprint density at radius 2 is 2.05 bits per heavy atom. The van der Waals surface area contributed by atoms with Gasteiger partial charge in [-0.15, -0.1) is 0 Å². The minimum atomic E-state index is 0.634. The van der Waals surface area contributed by atoms with Gasteiger partial charge in [0.2, 0.25) is 0 Å². The Morgan fingerprint density at radius 3 is 2.84 bits per heavy atom. The Labute approximate surface area is 110 Å². The molecule has 19 heavy (non-hydrogen) atoms. The molecule has 0 aliphatic heterocycles. The number of rotatable bonds is 1. The minimum Gasteiger partial charge on any atom is -0.399 e. The van der Waals surface area contributed by atoms with Crippen molar-refractivity contribution in [3.63, 3.8) is 0 Å². The van der Waals surface area contributed by atoms with Crippen molar-refractivity contribution in [1.29, 1.82) is 5.26 Å². The number of aryl methyl sites for hydroxylation is 1. The topological polar surface area (TPSA) is 67.6 Å². The molecule has 2 N–H and O–H groups in total. The number of hydrogen-bond donors (Lipinski definition) is 1. The first-order valence-corrected chi connectivity index (χ1v) is 5.94. The zero-order valence-electron chi connectivity index (χ0n) is 10.5. The summed E-state index contributed by atoms with van der Waals surface area (Å²) in [7, 11) is 0. The van der Waals surface area contributed by atoms with E-state index < -0.39 is 0 Å². The lowest BCUT2D eigenvalue weighted by Crippen LogP contribution is -1.97. The van der Waals surface area contributed by atoms with Gasteiger partial charge in [-0.3, -0.25) is 4.57 Å². The van der Waals surface area contributed by atoms with Crippen LogP contribution in [-0.2, 0) is 0 Å². The van der Waals surface area contributed by atoms with Gasteiger partial charge in [0, 0.05) is 11.4 Å². The highest BCUT2D eigenvalue weighted by molar-refractivity contribution is 5.81. The second-order valence-electron chi connectivity index (χ2n) is 4.40. The molecule has 0 bridgehead atoms.